The number of aromatic amines is 1. The minimum absolute atomic E-state index is 0.0406. The quantitative estimate of drug-likeness (QED) is 0.429. The van der Waals surface area contributed by atoms with Gasteiger partial charge in [0, 0.05) is 60.2 Å². The Balaban J connectivity index is 1.71. The average Bonchev–Trinajstić information content (AvgIpc) is 3.45. The van der Waals surface area contributed by atoms with E-state index < -0.39 is 0 Å². The largest absolute Gasteiger partial charge is 0.339 e. The van der Waals surface area contributed by atoms with Gasteiger partial charge in [0.05, 0.1) is 22.8 Å². The van der Waals surface area contributed by atoms with E-state index in [9.17, 15) is 9.59 Å². The number of nitrogens with zero attached hydrogens (tertiary/aromatic N) is 5. The number of fused-ring (bicyclic) bond motifs is 1. The Labute approximate surface area is 207 Å². The Kier molecular flexibility index (Phi) is 5.84. The third kappa shape index (κ3) is 3.87. The molecule has 0 spiro atoms. The van der Waals surface area contributed by atoms with E-state index in [1.54, 1.807) is 36.1 Å². The van der Waals surface area contributed by atoms with E-state index in [2.05, 4.69) is 28.4 Å². The van der Waals surface area contributed by atoms with Gasteiger partial charge in [0.25, 0.3) is 0 Å². The van der Waals surface area contributed by atoms with Crippen molar-refractivity contribution in [2.45, 2.75) is 32.7 Å². The van der Waals surface area contributed by atoms with E-state index in [-0.39, 0.29) is 17.5 Å². The first-order chi connectivity index (χ1) is 16.8. The summed E-state index contributed by atoms with van der Waals surface area (Å²) in [4.78, 5) is 26.0. The fourth-order valence-corrected chi connectivity index (χ4v) is 5.27. The Hall–Kier alpha value is -3.65. The topological polar surface area (TPSA) is 88.8 Å². The number of likely N-dealkylation sites (tertiary alicyclic amines) is 1. The molecule has 3 aromatic heterocycles. The normalized spacial score (nSPS) is 14.6. The van der Waals surface area contributed by atoms with Crippen LogP contribution < -0.4 is 5.56 Å². The minimum Gasteiger partial charge on any atom is -0.339 e. The summed E-state index contributed by atoms with van der Waals surface area (Å²) >= 11 is 6.93. The lowest BCUT2D eigenvalue weighted by Crippen LogP contribution is -2.38. The predicted octanol–water partition coefficient (Wildman–Crippen LogP) is 4.41. The number of aromatic nitrogens is 5. The summed E-state index contributed by atoms with van der Waals surface area (Å²) in [5, 5.41) is 14.0. The van der Waals surface area contributed by atoms with E-state index in [1.165, 1.54) is 6.08 Å². The molecule has 0 unspecified atom stereocenters. The van der Waals surface area contributed by atoms with Gasteiger partial charge in [-0.25, -0.2) is 0 Å². The molecule has 1 fully saturated rings. The molecule has 0 radical (unpaired) electrons. The molecule has 35 heavy (non-hydrogen) atoms. The highest BCUT2D eigenvalue weighted by Gasteiger charge is 2.29. The zero-order chi connectivity index (χ0) is 24.9. The molecule has 1 saturated heterocycles. The first kappa shape index (κ1) is 23.1. The average molecular weight is 491 g/mol. The number of hydrogen-bond acceptors (Lipinski definition) is 4. The van der Waals surface area contributed by atoms with Crippen LogP contribution in [0.4, 0.5) is 0 Å². The second-order valence-electron chi connectivity index (χ2n) is 9.09. The molecule has 1 N–H and O–H groups in total. The molecule has 0 atom stereocenters. The summed E-state index contributed by atoms with van der Waals surface area (Å²) in [6, 6.07) is 5.48. The predicted molar refractivity (Wildman–Crippen MR) is 138 cm³/mol. The summed E-state index contributed by atoms with van der Waals surface area (Å²) < 4.78 is 3.62. The molecule has 4 heterocycles. The Bertz CT molecular complexity index is 1520. The van der Waals surface area contributed by atoms with Crippen LogP contribution in [0.5, 0.6) is 0 Å². The third-order valence-corrected chi connectivity index (χ3v) is 7.41. The molecule has 4 aromatic rings. The van der Waals surface area contributed by atoms with Crippen molar-refractivity contribution in [2.75, 3.05) is 13.1 Å². The number of H-pyrrole nitrogens is 1. The zero-order valence-electron chi connectivity index (χ0n) is 20.0. The third-order valence-electron chi connectivity index (χ3n) is 6.92. The van der Waals surface area contributed by atoms with Gasteiger partial charge in [0.2, 0.25) is 11.5 Å². The van der Waals surface area contributed by atoms with Crippen LogP contribution in [0.1, 0.15) is 30.1 Å². The number of carbonyl (C=O) groups excluding carboxylic acids is 1. The Morgan fingerprint density at radius 3 is 2.66 bits per heavy atom. The highest BCUT2D eigenvalue weighted by molar-refractivity contribution is 6.36. The molecule has 5 rings (SSSR count). The number of amides is 1. The van der Waals surface area contributed by atoms with Gasteiger partial charge in [-0.3, -0.25) is 19.4 Å². The van der Waals surface area contributed by atoms with E-state index >= 15 is 0 Å². The monoisotopic (exact) mass is 490 g/mol. The maximum Gasteiger partial charge on any atom is 0.250 e. The van der Waals surface area contributed by atoms with Crippen molar-refractivity contribution in [3.05, 3.63) is 69.9 Å². The first-order valence-electron chi connectivity index (χ1n) is 11.6. The van der Waals surface area contributed by atoms with Crippen LogP contribution >= 0.6 is 11.6 Å². The lowest BCUT2D eigenvalue weighted by atomic mass is 9.95. The first-order valence-corrected chi connectivity index (χ1v) is 12.0. The van der Waals surface area contributed by atoms with Crippen molar-refractivity contribution in [2.24, 2.45) is 7.05 Å². The SMILES string of the molecule is C=CC(=O)N1CCC(n2nc(-c3ccc(=O)n(C)c3)c(-c3c(Cl)c(C)cc4[nH]ncc34)c2C)CC1. The number of halogens is 1. The van der Waals surface area contributed by atoms with Gasteiger partial charge < -0.3 is 9.47 Å². The molecule has 9 heteroatoms. The van der Waals surface area contributed by atoms with Gasteiger partial charge in [0.15, 0.2) is 0 Å². The smallest absolute Gasteiger partial charge is 0.250 e. The number of carbonyl (C=O) groups is 1. The number of piperidine rings is 1. The summed E-state index contributed by atoms with van der Waals surface area (Å²) in [7, 11) is 1.73. The maximum absolute atomic E-state index is 12.1. The number of nitrogens with one attached hydrogen (secondary N) is 1. The van der Waals surface area contributed by atoms with Crippen LogP contribution in [-0.4, -0.2) is 48.4 Å². The minimum atomic E-state index is -0.0866. The van der Waals surface area contributed by atoms with Crippen molar-refractivity contribution in [1.82, 2.24) is 29.4 Å². The lowest BCUT2D eigenvalue weighted by Gasteiger charge is -2.32. The highest BCUT2D eigenvalue weighted by Crippen LogP contribution is 2.44. The van der Waals surface area contributed by atoms with Gasteiger partial charge in [-0.1, -0.05) is 18.2 Å². The fourth-order valence-electron chi connectivity index (χ4n) is 5.01. The number of rotatable bonds is 4. The molecule has 0 saturated carbocycles. The Morgan fingerprint density at radius 2 is 1.97 bits per heavy atom. The van der Waals surface area contributed by atoms with Gasteiger partial charge in [-0.15, -0.1) is 0 Å². The summed E-state index contributed by atoms with van der Waals surface area (Å²) in [6.07, 6.45) is 6.54. The number of pyridine rings is 1. The molecule has 8 nitrogen and oxygen atoms in total. The second-order valence-corrected chi connectivity index (χ2v) is 9.47. The Morgan fingerprint density at radius 1 is 1.23 bits per heavy atom. The summed E-state index contributed by atoms with van der Waals surface area (Å²) in [5.41, 5.74) is 6.13. The van der Waals surface area contributed by atoms with E-state index in [1.807, 2.05) is 17.9 Å². The van der Waals surface area contributed by atoms with Crippen molar-refractivity contribution in [3.8, 4) is 22.4 Å². The molecular weight excluding hydrogens is 464 g/mol. The number of aryl methyl sites for hydroxylation is 2. The molecule has 0 aliphatic carbocycles. The molecule has 0 bridgehead atoms. The number of hydrogen-bond donors (Lipinski definition) is 1. The van der Waals surface area contributed by atoms with E-state index in [4.69, 9.17) is 16.7 Å². The molecule has 180 valence electrons. The van der Waals surface area contributed by atoms with Gasteiger partial charge in [0.1, 0.15) is 5.69 Å². The molecule has 1 aromatic carbocycles. The van der Waals surface area contributed by atoms with Crippen molar-refractivity contribution >= 4 is 28.4 Å². The standard InChI is InChI=1S/C26H27ClN6O2/c1-5-21(34)32-10-8-18(9-11-32)33-16(3)23(26(30-33)17-6-7-22(35)31(4)14-17)24-19-13-28-29-20(19)12-15(2)25(24)27/h5-7,12-14,18H,1,8-11H2,2-4H3,(H,28,29). The molecule has 1 aliphatic heterocycles. The van der Waals surface area contributed by atoms with Crippen LogP contribution in [0, 0.1) is 13.8 Å². The van der Waals surface area contributed by atoms with Gasteiger partial charge in [-0.2, -0.15) is 10.2 Å². The maximum atomic E-state index is 12.1. The second kappa shape index (κ2) is 8.85. The fraction of sp³-hybridized carbons (Fsp3) is 0.308. The summed E-state index contributed by atoms with van der Waals surface area (Å²) in [6.45, 7) is 8.94. The van der Waals surface area contributed by atoms with Crippen LogP contribution in [0.3, 0.4) is 0 Å². The van der Waals surface area contributed by atoms with Crippen LogP contribution in [0.25, 0.3) is 33.3 Å². The van der Waals surface area contributed by atoms with Crippen molar-refractivity contribution in [1.29, 1.82) is 0 Å². The van der Waals surface area contributed by atoms with Gasteiger partial charge >= 0.3 is 0 Å². The van der Waals surface area contributed by atoms with Crippen molar-refractivity contribution < 1.29 is 4.79 Å². The van der Waals surface area contributed by atoms with Crippen LogP contribution in [0.15, 0.2) is 48.0 Å². The van der Waals surface area contributed by atoms with Crippen molar-refractivity contribution in [3.63, 3.8) is 0 Å². The molecular formula is C26H27ClN6O2. The summed E-state index contributed by atoms with van der Waals surface area (Å²) in [5.74, 6) is -0.0406. The van der Waals surface area contributed by atoms with Gasteiger partial charge in [-0.05, 0) is 50.5 Å². The molecule has 1 amide bonds. The van der Waals surface area contributed by atoms with Crippen LogP contribution in [0.2, 0.25) is 5.02 Å². The van der Waals surface area contributed by atoms with E-state index in [0.29, 0.717) is 18.1 Å². The molecule has 1 aliphatic rings. The van der Waals surface area contributed by atoms with Crippen LogP contribution in [-0.2, 0) is 11.8 Å². The highest BCUT2D eigenvalue weighted by atomic mass is 35.5. The lowest BCUT2D eigenvalue weighted by molar-refractivity contribution is -0.127. The number of benzene rings is 1. The van der Waals surface area contributed by atoms with E-state index in [0.717, 1.165) is 57.4 Å². The zero-order valence-corrected chi connectivity index (χ0v) is 20.8.